The number of pyridine rings is 1. The van der Waals surface area contributed by atoms with Crippen LogP contribution in [0.2, 0.25) is 0 Å². The Morgan fingerprint density at radius 1 is 1.44 bits per heavy atom. The summed E-state index contributed by atoms with van der Waals surface area (Å²) in [4.78, 5) is 10.3. The van der Waals surface area contributed by atoms with E-state index in [1.807, 2.05) is 36.9 Å². The molecule has 1 aromatic rings. The van der Waals surface area contributed by atoms with Crippen molar-refractivity contribution in [2.45, 2.75) is 20.4 Å². The van der Waals surface area contributed by atoms with E-state index in [1.165, 1.54) is 0 Å². The van der Waals surface area contributed by atoms with E-state index in [1.54, 1.807) is 6.20 Å². The maximum absolute atomic E-state index is 5.84. The number of nitrogens with two attached hydrogens (primary N) is 1. The summed E-state index contributed by atoms with van der Waals surface area (Å²) in [6.07, 6.45) is 1.74. The van der Waals surface area contributed by atoms with Crippen LogP contribution in [0.25, 0.3) is 0 Å². The van der Waals surface area contributed by atoms with Crippen molar-refractivity contribution in [3.8, 4) is 0 Å². The van der Waals surface area contributed by atoms with Crippen LogP contribution in [0.15, 0.2) is 29.4 Å². The summed E-state index contributed by atoms with van der Waals surface area (Å²) in [5, 5.41) is 3.39. The number of aliphatic imine (C=N–C) groups is 1. The standard InChI is InChI=1S/C12H19N5S/c1-3-17(4-2)11(13)16-12(18)15-9-10-7-5-6-8-14-10/h5-8H,3-4,9H2,1-2H3,(H3,13,15,16,18). The monoisotopic (exact) mass is 265 g/mol. The fraction of sp³-hybridized carbons (Fsp3) is 0.417. The molecule has 1 rings (SSSR count). The number of nitrogens with one attached hydrogen (secondary N) is 1. The van der Waals surface area contributed by atoms with Gasteiger partial charge in [0.25, 0.3) is 0 Å². The fourth-order valence-corrected chi connectivity index (χ4v) is 1.60. The number of hydrogen-bond acceptors (Lipinski definition) is 2. The molecule has 0 saturated carbocycles. The zero-order valence-corrected chi connectivity index (χ0v) is 11.6. The Balaban J connectivity index is 2.49. The minimum absolute atomic E-state index is 0.380. The number of hydrogen-bond donors (Lipinski definition) is 2. The maximum atomic E-state index is 5.84. The molecule has 98 valence electrons. The predicted octanol–water partition coefficient (Wildman–Crippen LogP) is 1.11. The average molecular weight is 265 g/mol. The maximum Gasteiger partial charge on any atom is 0.198 e. The first-order valence-corrected chi connectivity index (χ1v) is 6.35. The molecule has 6 heteroatoms. The molecule has 18 heavy (non-hydrogen) atoms. The van der Waals surface area contributed by atoms with E-state index < -0.39 is 0 Å². The first kappa shape index (κ1) is 14.4. The quantitative estimate of drug-likeness (QED) is 0.485. The number of rotatable bonds is 4. The third kappa shape index (κ3) is 4.67. The molecule has 0 spiro atoms. The average Bonchev–Trinajstić information content (AvgIpc) is 2.39. The lowest BCUT2D eigenvalue weighted by Gasteiger charge is -2.19. The second kappa shape index (κ2) is 7.60. The largest absolute Gasteiger partial charge is 0.369 e. The highest BCUT2D eigenvalue weighted by atomic mass is 32.1. The molecule has 0 aliphatic carbocycles. The molecule has 0 saturated heterocycles. The second-order valence-corrected chi connectivity index (χ2v) is 4.01. The van der Waals surface area contributed by atoms with Crippen molar-refractivity contribution in [2.24, 2.45) is 10.7 Å². The van der Waals surface area contributed by atoms with Crippen LogP contribution < -0.4 is 11.1 Å². The Kier molecular flexibility index (Phi) is 6.07. The molecule has 0 amide bonds. The van der Waals surface area contributed by atoms with Crippen LogP contribution in [0.3, 0.4) is 0 Å². The van der Waals surface area contributed by atoms with Gasteiger partial charge < -0.3 is 16.0 Å². The Morgan fingerprint density at radius 3 is 2.72 bits per heavy atom. The molecule has 0 aliphatic heterocycles. The van der Waals surface area contributed by atoms with Crippen LogP contribution in [0, 0.1) is 0 Å². The molecule has 0 bridgehead atoms. The van der Waals surface area contributed by atoms with E-state index in [0.29, 0.717) is 17.6 Å². The molecular formula is C12H19N5S. The van der Waals surface area contributed by atoms with E-state index in [9.17, 15) is 0 Å². The van der Waals surface area contributed by atoms with Gasteiger partial charge in [-0.15, -0.1) is 0 Å². The van der Waals surface area contributed by atoms with Gasteiger partial charge in [-0.05, 0) is 38.2 Å². The molecular weight excluding hydrogens is 246 g/mol. The van der Waals surface area contributed by atoms with Crippen molar-refractivity contribution < 1.29 is 0 Å². The zero-order valence-electron chi connectivity index (χ0n) is 10.8. The predicted molar refractivity (Wildman–Crippen MR) is 78.2 cm³/mol. The highest BCUT2D eigenvalue weighted by Crippen LogP contribution is 1.93. The van der Waals surface area contributed by atoms with Crippen LogP contribution in [0.1, 0.15) is 19.5 Å². The minimum Gasteiger partial charge on any atom is -0.369 e. The van der Waals surface area contributed by atoms with Gasteiger partial charge in [0, 0.05) is 19.3 Å². The van der Waals surface area contributed by atoms with Crippen molar-refractivity contribution >= 4 is 23.3 Å². The van der Waals surface area contributed by atoms with Crippen molar-refractivity contribution in [3.05, 3.63) is 30.1 Å². The molecule has 0 aromatic carbocycles. The normalized spacial score (nSPS) is 11.1. The SMILES string of the molecule is CCN(CC)C(N)=NC(=S)NCc1ccccn1. The van der Waals surface area contributed by atoms with E-state index in [2.05, 4.69) is 15.3 Å². The van der Waals surface area contributed by atoms with Gasteiger partial charge in [0.15, 0.2) is 11.1 Å². The van der Waals surface area contributed by atoms with Gasteiger partial charge in [0.1, 0.15) is 0 Å². The minimum atomic E-state index is 0.380. The summed E-state index contributed by atoms with van der Waals surface area (Å²) in [5.41, 5.74) is 6.76. The van der Waals surface area contributed by atoms with Crippen LogP contribution in [0.4, 0.5) is 0 Å². The van der Waals surface area contributed by atoms with Gasteiger partial charge in [0.2, 0.25) is 0 Å². The van der Waals surface area contributed by atoms with Gasteiger partial charge in [-0.3, -0.25) is 4.98 Å². The van der Waals surface area contributed by atoms with Crippen LogP contribution in [-0.2, 0) is 6.54 Å². The van der Waals surface area contributed by atoms with Crippen LogP contribution in [0.5, 0.6) is 0 Å². The molecule has 0 aliphatic rings. The molecule has 0 fully saturated rings. The molecule has 1 aromatic heterocycles. The number of aromatic nitrogens is 1. The summed E-state index contributed by atoms with van der Waals surface area (Å²) in [7, 11) is 0. The molecule has 0 atom stereocenters. The first-order chi connectivity index (χ1) is 8.67. The summed E-state index contributed by atoms with van der Waals surface area (Å²) in [6, 6.07) is 5.73. The van der Waals surface area contributed by atoms with Crippen molar-refractivity contribution in [1.82, 2.24) is 15.2 Å². The highest BCUT2D eigenvalue weighted by molar-refractivity contribution is 7.80. The summed E-state index contributed by atoms with van der Waals surface area (Å²) in [6.45, 7) is 6.23. The van der Waals surface area contributed by atoms with E-state index in [-0.39, 0.29) is 0 Å². The van der Waals surface area contributed by atoms with Crippen molar-refractivity contribution in [1.29, 1.82) is 0 Å². The summed E-state index contributed by atoms with van der Waals surface area (Å²) >= 11 is 5.11. The number of nitrogens with zero attached hydrogens (tertiary/aromatic N) is 3. The molecule has 0 radical (unpaired) electrons. The van der Waals surface area contributed by atoms with Crippen LogP contribution in [-0.4, -0.2) is 34.0 Å². The molecule has 1 heterocycles. The third-order valence-electron chi connectivity index (χ3n) is 2.45. The highest BCUT2D eigenvalue weighted by Gasteiger charge is 2.03. The Hall–Kier alpha value is -1.69. The Morgan fingerprint density at radius 2 is 2.17 bits per heavy atom. The smallest absolute Gasteiger partial charge is 0.198 e. The summed E-state index contributed by atoms with van der Waals surface area (Å²) in [5.74, 6) is 0.443. The van der Waals surface area contributed by atoms with Gasteiger partial charge >= 0.3 is 0 Å². The number of guanidine groups is 1. The summed E-state index contributed by atoms with van der Waals surface area (Å²) < 4.78 is 0. The molecule has 0 unspecified atom stereocenters. The van der Waals surface area contributed by atoms with Gasteiger partial charge in [-0.25, -0.2) is 0 Å². The van der Waals surface area contributed by atoms with Crippen molar-refractivity contribution in [3.63, 3.8) is 0 Å². The zero-order chi connectivity index (χ0) is 13.4. The lowest BCUT2D eigenvalue weighted by Crippen LogP contribution is -2.38. The van der Waals surface area contributed by atoms with E-state index >= 15 is 0 Å². The second-order valence-electron chi connectivity index (χ2n) is 3.62. The van der Waals surface area contributed by atoms with Gasteiger partial charge in [0.05, 0.1) is 12.2 Å². The Bertz CT molecular complexity index is 400. The van der Waals surface area contributed by atoms with Gasteiger partial charge in [-0.1, -0.05) is 6.07 Å². The van der Waals surface area contributed by atoms with E-state index in [0.717, 1.165) is 18.8 Å². The number of thiocarbonyl (C=S) groups is 1. The van der Waals surface area contributed by atoms with Gasteiger partial charge in [-0.2, -0.15) is 4.99 Å². The third-order valence-corrected chi connectivity index (χ3v) is 2.69. The van der Waals surface area contributed by atoms with Crippen molar-refractivity contribution in [2.75, 3.05) is 13.1 Å². The molecule has 3 N–H and O–H groups in total. The van der Waals surface area contributed by atoms with E-state index in [4.69, 9.17) is 18.0 Å². The lowest BCUT2D eigenvalue weighted by molar-refractivity contribution is 0.461. The fourth-order valence-electron chi connectivity index (χ4n) is 1.43. The first-order valence-electron chi connectivity index (χ1n) is 5.94. The lowest BCUT2D eigenvalue weighted by atomic mass is 10.3. The Labute approximate surface area is 113 Å². The van der Waals surface area contributed by atoms with Crippen LogP contribution >= 0.6 is 12.2 Å². The molecule has 5 nitrogen and oxygen atoms in total. The topological polar surface area (TPSA) is 66.5 Å².